The predicted octanol–water partition coefficient (Wildman–Crippen LogP) is 2.08. The van der Waals surface area contributed by atoms with Crippen molar-refractivity contribution in [3.8, 4) is 0 Å². The molecule has 0 bridgehead atoms. The minimum Gasteiger partial charge on any atom is -0.315 e. The van der Waals surface area contributed by atoms with E-state index in [2.05, 4.69) is 11.6 Å². The Morgan fingerprint density at radius 3 is 2.41 bits per heavy atom. The molecule has 0 spiro atoms. The van der Waals surface area contributed by atoms with Gasteiger partial charge < -0.3 is 5.32 Å². The van der Waals surface area contributed by atoms with Gasteiger partial charge in [-0.15, -0.1) is 0 Å². The summed E-state index contributed by atoms with van der Waals surface area (Å²) in [6, 6.07) is 0. The average Bonchev–Trinajstić information content (AvgIpc) is 2.28. The molecule has 1 saturated carbocycles. The van der Waals surface area contributed by atoms with Crippen molar-refractivity contribution >= 4 is 21.6 Å². The maximum atomic E-state index is 11.0. The van der Waals surface area contributed by atoms with Gasteiger partial charge in [0.25, 0.3) is 0 Å². The number of hydrogen-bond donors (Lipinski definition) is 1. The fraction of sp³-hybridized carbons (Fsp3) is 1.00. The lowest BCUT2D eigenvalue weighted by atomic mass is 9.88. The zero-order valence-corrected chi connectivity index (χ0v) is 12.6. The molecule has 1 N–H and O–H groups in total. The van der Waals surface area contributed by atoms with E-state index in [4.69, 9.17) is 0 Å². The van der Waals surface area contributed by atoms with Gasteiger partial charge in [0.05, 0.1) is 5.75 Å². The van der Waals surface area contributed by atoms with Crippen molar-refractivity contribution in [2.24, 2.45) is 0 Å². The van der Waals surface area contributed by atoms with Crippen molar-refractivity contribution in [1.29, 1.82) is 0 Å². The lowest BCUT2D eigenvalue weighted by Gasteiger charge is -2.36. The molecule has 3 nitrogen and oxygen atoms in total. The summed E-state index contributed by atoms with van der Waals surface area (Å²) in [5.74, 6) is 0.298. The van der Waals surface area contributed by atoms with Crippen molar-refractivity contribution in [3.63, 3.8) is 0 Å². The molecule has 1 aliphatic rings. The number of nitrogens with one attached hydrogen (secondary N) is 1. The smallest absolute Gasteiger partial charge is 0.147 e. The summed E-state index contributed by atoms with van der Waals surface area (Å²) in [4.78, 5) is 0. The minimum absolute atomic E-state index is 0.298. The van der Waals surface area contributed by atoms with Crippen LogP contribution in [-0.2, 0) is 9.84 Å². The van der Waals surface area contributed by atoms with Gasteiger partial charge in [0.1, 0.15) is 9.84 Å². The Bertz CT molecular complexity index is 308. The van der Waals surface area contributed by atoms with Crippen LogP contribution in [0.3, 0.4) is 0 Å². The van der Waals surface area contributed by atoms with Gasteiger partial charge in [-0.2, -0.15) is 11.8 Å². The topological polar surface area (TPSA) is 46.2 Å². The van der Waals surface area contributed by atoms with E-state index in [0.717, 1.165) is 19.5 Å². The molecule has 5 heteroatoms. The van der Waals surface area contributed by atoms with Crippen molar-refractivity contribution in [2.45, 2.75) is 43.3 Å². The molecule has 0 saturated heterocycles. The molecular weight excluding hydrogens is 254 g/mol. The van der Waals surface area contributed by atoms with Crippen LogP contribution >= 0.6 is 11.8 Å². The van der Waals surface area contributed by atoms with E-state index in [9.17, 15) is 8.42 Å². The number of sulfone groups is 1. The summed E-state index contributed by atoms with van der Waals surface area (Å²) in [6.45, 7) is 1.84. The highest BCUT2D eigenvalue weighted by molar-refractivity contribution is 8.00. The largest absolute Gasteiger partial charge is 0.315 e. The zero-order chi connectivity index (χ0) is 12.8. The van der Waals surface area contributed by atoms with Gasteiger partial charge in [-0.25, -0.2) is 8.42 Å². The van der Waals surface area contributed by atoms with E-state index in [1.807, 2.05) is 11.8 Å². The molecule has 102 valence electrons. The summed E-state index contributed by atoms with van der Waals surface area (Å²) < 4.78 is 22.4. The molecule has 0 heterocycles. The second kappa shape index (κ2) is 7.00. The van der Waals surface area contributed by atoms with E-state index in [0.29, 0.717) is 10.5 Å². The van der Waals surface area contributed by atoms with Crippen LogP contribution in [-0.4, -0.2) is 44.5 Å². The molecule has 0 unspecified atom stereocenters. The Labute approximate surface area is 110 Å². The Kier molecular flexibility index (Phi) is 6.31. The molecule has 1 fully saturated rings. The molecule has 0 radical (unpaired) electrons. The molecule has 0 aromatic carbocycles. The molecule has 17 heavy (non-hydrogen) atoms. The second-order valence-electron chi connectivity index (χ2n) is 5.11. The van der Waals surface area contributed by atoms with E-state index in [1.165, 1.54) is 38.4 Å². The third-order valence-electron chi connectivity index (χ3n) is 3.51. The van der Waals surface area contributed by atoms with Crippen LogP contribution in [0.15, 0.2) is 0 Å². The summed E-state index contributed by atoms with van der Waals surface area (Å²) in [5.41, 5.74) is 0. The van der Waals surface area contributed by atoms with Crippen LogP contribution in [0.4, 0.5) is 0 Å². The monoisotopic (exact) mass is 279 g/mol. The van der Waals surface area contributed by atoms with Gasteiger partial charge in [-0.1, -0.05) is 19.3 Å². The molecule has 0 aromatic rings. The van der Waals surface area contributed by atoms with Crippen molar-refractivity contribution < 1.29 is 8.42 Å². The van der Waals surface area contributed by atoms with E-state index in [-0.39, 0.29) is 0 Å². The maximum absolute atomic E-state index is 11.0. The Morgan fingerprint density at radius 2 is 1.88 bits per heavy atom. The summed E-state index contributed by atoms with van der Waals surface area (Å²) in [5, 5.41) is 3.43. The highest BCUT2D eigenvalue weighted by Gasteiger charge is 2.30. The Morgan fingerprint density at radius 1 is 1.24 bits per heavy atom. The minimum atomic E-state index is -2.80. The summed E-state index contributed by atoms with van der Waals surface area (Å²) >= 11 is 1.98. The van der Waals surface area contributed by atoms with Gasteiger partial charge in [-0.05, 0) is 32.1 Å². The van der Waals surface area contributed by atoms with Crippen LogP contribution in [0.5, 0.6) is 0 Å². The number of thioether (sulfide) groups is 1. The van der Waals surface area contributed by atoms with Crippen LogP contribution < -0.4 is 5.32 Å². The van der Waals surface area contributed by atoms with E-state index >= 15 is 0 Å². The first-order chi connectivity index (χ1) is 7.97. The van der Waals surface area contributed by atoms with Crippen LogP contribution in [0.25, 0.3) is 0 Å². The van der Waals surface area contributed by atoms with Gasteiger partial charge in [-0.3, -0.25) is 0 Å². The summed E-state index contributed by atoms with van der Waals surface area (Å²) in [6.07, 6.45) is 10.9. The first-order valence-corrected chi connectivity index (χ1v) is 9.70. The molecule has 0 aromatic heterocycles. The SMILES string of the molecule is CSC1(CNCCCS(C)(=O)=O)CCCCC1. The number of hydrogen-bond acceptors (Lipinski definition) is 4. The van der Waals surface area contributed by atoms with Crippen molar-refractivity contribution in [3.05, 3.63) is 0 Å². The zero-order valence-electron chi connectivity index (χ0n) is 11.0. The van der Waals surface area contributed by atoms with Gasteiger partial charge in [0.15, 0.2) is 0 Å². The fourth-order valence-corrected chi connectivity index (χ4v) is 4.04. The highest BCUT2D eigenvalue weighted by Crippen LogP contribution is 2.37. The molecular formula is C12H25NO2S2. The quantitative estimate of drug-likeness (QED) is 0.725. The second-order valence-corrected chi connectivity index (χ2v) is 8.64. The van der Waals surface area contributed by atoms with E-state index < -0.39 is 9.84 Å². The standard InChI is InChI=1S/C12H25NO2S2/c1-16-12(7-4-3-5-8-12)11-13-9-6-10-17(2,14)15/h13H,3-11H2,1-2H3. The summed E-state index contributed by atoms with van der Waals surface area (Å²) in [7, 11) is -2.80. The molecule has 0 amide bonds. The molecule has 1 rings (SSSR count). The van der Waals surface area contributed by atoms with Gasteiger partial charge in [0.2, 0.25) is 0 Å². The van der Waals surface area contributed by atoms with Gasteiger partial charge >= 0.3 is 0 Å². The first-order valence-electron chi connectivity index (χ1n) is 6.41. The van der Waals surface area contributed by atoms with Crippen LogP contribution in [0.1, 0.15) is 38.5 Å². The van der Waals surface area contributed by atoms with Gasteiger partial charge in [0, 0.05) is 17.5 Å². The molecule has 0 atom stereocenters. The molecule has 0 aliphatic heterocycles. The third kappa shape index (κ3) is 6.11. The number of rotatable bonds is 7. The highest BCUT2D eigenvalue weighted by atomic mass is 32.2. The average molecular weight is 279 g/mol. The lowest BCUT2D eigenvalue weighted by molar-refractivity contribution is 0.380. The Hall–Kier alpha value is 0.260. The van der Waals surface area contributed by atoms with Crippen LogP contribution in [0.2, 0.25) is 0 Å². The van der Waals surface area contributed by atoms with Crippen molar-refractivity contribution in [2.75, 3.05) is 31.4 Å². The third-order valence-corrected chi connectivity index (χ3v) is 5.96. The first kappa shape index (κ1) is 15.3. The Balaban J connectivity index is 2.20. The fourth-order valence-electron chi connectivity index (χ4n) is 2.42. The lowest BCUT2D eigenvalue weighted by Crippen LogP contribution is -2.39. The van der Waals surface area contributed by atoms with Crippen molar-refractivity contribution in [1.82, 2.24) is 5.32 Å². The maximum Gasteiger partial charge on any atom is 0.147 e. The normalized spacial score (nSPS) is 20.4. The van der Waals surface area contributed by atoms with Crippen LogP contribution in [0, 0.1) is 0 Å². The predicted molar refractivity (Wildman–Crippen MR) is 76.5 cm³/mol. The molecule has 1 aliphatic carbocycles. The van der Waals surface area contributed by atoms with E-state index in [1.54, 1.807) is 0 Å².